The van der Waals surface area contributed by atoms with E-state index >= 15 is 0 Å². The highest BCUT2D eigenvalue weighted by atomic mass is 19.1. The van der Waals surface area contributed by atoms with Crippen LogP contribution in [-0.2, 0) is 4.79 Å². The summed E-state index contributed by atoms with van der Waals surface area (Å²) in [4.78, 5) is 10.4. The number of amides is 1. The van der Waals surface area contributed by atoms with Crippen molar-refractivity contribution in [3.05, 3.63) is 41.2 Å². The summed E-state index contributed by atoms with van der Waals surface area (Å²) in [6, 6.07) is 5.53. The number of nitrogens with two attached hydrogens (primary N) is 1. The van der Waals surface area contributed by atoms with Crippen LogP contribution in [0.5, 0.6) is 0 Å². The van der Waals surface area contributed by atoms with Gasteiger partial charge in [-0.15, -0.1) is 0 Å². The third kappa shape index (κ3) is 2.42. The Morgan fingerprint density at radius 2 is 2.29 bits per heavy atom. The molecule has 3 nitrogen and oxygen atoms in total. The summed E-state index contributed by atoms with van der Waals surface area (Å²) >= 11 is 0. The van der Waals surface area contributed by atoms with Crippen LogP contribution in [0.3, 0.4) is 0 Å². The van der Waals surface area contributed by atoms with E-state index in [4.69, 9.17) is 11.0 Å². The molecule has 1 aromatic carbocycles. The minimum absolute atomic E-state index is 0.169. The van der Waals surface area contributed by atoms with E-state index in [9.17, 15) is 9.18 Å². The number of halogens is 1. The predicted octanol–water partition coefficient (Wildman–Crippen LogP) is 1.20. The number of carbonyl (C=O) groups is 1. The van der Waals surface area contributed by atoms with E-state index in [0.29, 0.717) is 5.56 Å². The van der Waals surface area contributed by atoms with Gasteiger partial charge in [0.2, 0.25) is 5.91 Å². The van der Waals surface area contributed by atoms with Crippen LogP contribution < -0.4 is 5.73 Å². The minimum atomic E-state index is -0.613. The molecule has 4 heteroatoms. The third-order valence-corrected chi connectivity index (χ3v) is 1.56. The first-order valence-electron chi connectivity index (χ1n) is 3.80. The maximum atomic E-state index is 12.7. The van der Waals surface area contributed by atoms with Gasteiger partial charge in [0, 0.05) is 6.08 Å². The molecule has 14 heavy (non-hydrogen) atoms. The average Bonchev–Trinajstić information content (AvgIpc) is 2.15. The Morgan fingerprint density at radius 3 is 2.86 bits per heavy atom. The van der Waals surface area contributed by atoms with Crippen molar-refractivity contribution in [2.24, 2.45) is 5.73 Å². The molecule has 0 unspecified atom stereocenters. The maximum Gasteiger partial charge on any atom is 0.241 e. The first-order valence-corrected chi connectivity index (χ1v) is 3.80. The van der Waals surface area contributed by atoms with Crippen molar-refractivity contribution in [2.75, 3.05) is 0 Å². The Bertz CT molecular complexity index is 432. The van der Waals surface area contributed by atoms with E-state index in [0.717, 1.165) is 12.1 Å². The highest BCUT2D eigenvalue weighted by Crippen LogP contribution is 2.11. The molecule has 0 saturated carbocycles. The van der Waals surface area contributed by atoms with Crippen molar-refractivity contribution in [1.29, 1.82) is 5.26 Å². The van der Waals surface area contributed by atoms with Gasteiger partial charge in [-0.1, -0.05) is 6.07 Å². The molecule has 0 aromatic heterocycles. The summed E-state index contributed by atoms with van der Waals surface area (Å²) in [5.74, 6) is -1.10. The number of rotatable bonds is 2. The van der Waals surface area contributed by atoms with Crippen LogP contribution >= 0.6 is 0 Å². The van der Waals surface area contributed by atoms with E-state index in [1.807, 2.05) is 6.07 Å². The van der Waals surface area contributed by atoms with Gasteiger partial charge in [-0.2, -0.15) is 5.26 Å². The lowest BCUT2D eigenvalue weighted by molar-refractivity contribution is -0.113. The second kappa shape index (κ2) is 4.19. The van der Waals surface area contributed by atoms with Crippen LogP contribution in [0.2, 0.25) is 0 Å². The Labute approximate surface area is 80.3 Å². The first kappa shape index (κ1) is 9.93. The molecule has 1 amide bonds. The van der Waals surface area contributed by atoms with Gasteiger partial charge in [0.25, 0.3) is 0 Å². The third-order valence-electron chi connectivity index (χ3n) is 1.56. The number of hydrogen-bond donors (Lipinski definition) is 1. The zero-order valence-corrected chi connectivity index (χ0v) is 7.20. The molecule has 1 rings (SSSR count). The Hall–Kier alpha value is -2.15. The molecule has 0 aliphatic heterocycles. The maximum absolute atomic E-state index is 12.7. The second-order valence-corrected chi connectivity index (χ2v) is 2.58. The normalized spacial score (nSPS) is 10.0. The Balaban J connectivity index is 3.10. The molecule has 0 saturated heterocycles. The van der Waals surface area contributed by atoms with Gasteiger partial charge >= 0.3 is 0 Å². The van der Waals surface area contributed by atoms with Gasteiger partial charge in [0.1, 0.15) is 5.82 Å². The summed E-state index contributed by atoms with van der Waals surface area (Å²) in [5.41, 5.74) is 5.51. The Morgan fingerprint density at radius 1 is 1.57 bits per heavy atom. The SMILES string of the molecule is N#Cc1cc(F)ccc1C=CC(N)=O. The molecule has 0 bridgehead atoms. The largest absolute Gasteiger partial charge is 0.366 e. The predicted molar refractivity (Wildman–Crippen MR) is 49.3 cm³/mol. The van der Waals surface area contributed by atoms with Crippen molar-refractivity contribution in [1.82, 2.24) is 0 Å². The summed E-state index contributed by atoms with van der Waals surface area (Å²) in [7, 11) is 0. The van der Waals surface area contributed by atoms with E-state index in [2.05, 4.69) is 0 Å². The van der Waals surface area contributed by atoms with Crippen LogP contribution in [0.1, 0.15) is 11.1 Å². The van der Waals surface area contributed by atoms with Crippen LogP contribution in [0, 0.1) is 17.1 Å². The van der Waals surface area contributed by atoms with Crippen LogP contribution in [0.25, 0.3) is 6.08 Å². The van der Waals surface area contributed by atoms with Gasteiger partial charge in [-0.05, 0) is 23.8 Å². The molecule has 2 N–H and O–H groups in total. The minimum Gasteiger partial charge on any atom is -0.366 e. The number of nitriles is 1. The smallest absolute Gasteiger partial charge is 0.241 e. The number of carbonyl (C=O) groups excluding carboxylic acids is 1. The topological polar surface area (TPSA) is 66.9 Å². The quantitative estimate of drug-likeness (QED) is 0.712. The molecule has 0 fully saturated rings. The van der Waals surface area contributed by atoms with Crippen molar-refractivity contribution in [2.45, 2.75) is 0 Å². The molecular weight excluding hydrogens is 183 g/mol. The van der Waals surface area contributed by atoms with E-state index in [1.165, 1.54) is 18.2 Å². The molecule has 0 aliphatic carbocycles. The van der Waals surface area contributed by atoms with E-state index < -0.39 is 11.7 Å². The van der Waals surface area contributed by atoms with Crippen LogP contribution in [0.4, 0.5) is 4.39 Å². The fraction of sp³-hybridized carbons (Fsp3) is 0. The lowest BCUT2D eigenvalue weighted by Gasteiger charge is -1.96. The van der Waals surface area contributed by atoms with E-state index in [1.54, 1.807) is 0 Å². The Kier molecular flexibility index (Phi) is 2.97. The van der Waals surface area contributed by atoms with Gasteiger partial charge < -0.3 is 5.73 Å². The molecule has 0 atom stereocenters. The number of hydrogen-bond acceptors (Lipinski definition) is 2. The summed E-state index contributed by atoms with van der Waals surface area (Å²) in [6.07, 6.45) is 2.49. The number of nitrogens with zero attached hydrogens (tertiary/aromatic N) is 1. The monoisotopic (exact) mass is 190 g/mol. The van der Waals surface area contributed by atoms with Gasteiger partial charge in [0.15, 0.2) is 0 Å². The fourth-order valence-corrected chi connectivity index (χ4v) is 0.943. The lowest BCUT2D eigenvalue weighted by atomic mass is 10.1. The zero-order valence-electron chi connectivity index (χ0n) is 7.20. The summed E-state index contributed by atoms with van der Waals surface area (Å²) in [5, 5.41) is 8.64. The standard InChI is InChI=1S/C10H7FN2O/c11-9-3-1-7(2-4-10(13)14)8(5-9)6-12/h1-5H,(H2,13,14). The molecule has 1 aromatic rings. The van der Waals surface area contributed by atoms with Gasteiger partial charge in [-0.25, -0.2) is 4.39 Å². The van der Waals surface area contributed by atoms with Crippen LogP contribution in [-0.4, -0.2) is 5.91 Å². The van der Waals surface area contributed by atoms with Crippen molar-refractivity contribution in [3.8, 4) is 6.07 Å². The summed E-state index contributed by atoms with van der Waals surface area (Å²) < 4.78 is 12.7. The second-order valence-electron chi connectivity index (χ2n) is 2.58. The molecule has 0 spiro atoms. The molecular formula is C10H7FN2O. The van der Waals surface area contributed by atoms with Crippen molar-refractivity contribution in [3.63, 3.8) is 0 Å². The number of benzene rings is 1. The lowest BCUT2D eigenvalue weighted by Crippen LogP contribution is -2.05. The van der Waals surface area contributed by atoms with Crippen molar-refractivity contribution >= 4 is 12.0 Å². The average molecular weight is 190 g/mol. The molecule has 70 valence electrons. The van der Waals surface area contributed by atoms with Gasteiger partial charge in [0.05, 0.1) is 11.6 Å². The van der Waals surface area contributed by atoms with E-state index in [-0.39, 0.29) is 5.56 Å². The molecule has 0 radical (unpaired) electrons. The van der Waals surface area contributed by atoms with Gasteiger partial charge in [-0.3, -0.25) is 4.79 Å². The first-order chi connectivity index (χ1) is 6.63. The molecule has 0 heterocycles. The zero-order chi connectivity index (χ0) is 10.6. The number of primary amides is 1. The van der Waals surface area contributed by atoms with Crippen LogP contribution in [0.15, 0.2) is 24.3 Å². The highest BCUT2D eigenvalue weighted by Gasteiger charge is 2.00. The van der Waals surface area contributed by atoms with Crippen molar-refractivity contribution < 1.29 is 9.18 Å². The summed E-state index contributed by atoms with van der Waals surface area (Å²) in [6.45, 7) is 0. The fourth-order valence-electron chi connectivity index (χ4n) is 0.943. The molecule has 0 aliphatic rings. The highest BCUT2D eigenvalue weighted by molar-refractivity contribution is 5.90.